The molecule has 76 valence electrons. The lowest BCUT2D eigenvalue weighted by molar-refractivity contribution is -0.150. The molecule has 3 atom stereocenters. The second kappa shape index (κ2) is 3.32. The lowest BCUT2D eigenvalue weighted by atomic mass is 9.72. The number of hydrogen-bond donors (Lipinski definition) is 0. The van der Waals surface area contributed by atoms with Crippen molar-refractivity contribution in [2.45, 2.75) is 29.3 Å². The molecule has 2 aliphatic rings. The molecule has 0 aromatic heterocycles. The maximum Gasteiger partial charge on any atom is 0.321 e. The Morgan fingerprint density at radius 1 is 1.64 bits per heavy atom. The molecule has 1 saturated heterocycles. The number of carbonyl (C=O) groups is 2. The summed E-state index contributed by atoms with van der Waals surface area (Å²) in [4.78, 5) is 23.5. The first kappa shape index (κ1) is 10.1. The van der Waals surface area contributed by atoms with E-state index in [0.29, 0.717) is 19.3 Å². The SMILES string of the molecule is C=CC[C@]12C(=O)CC[C@H](OC1=O)C2I. The summed E-state index contributed by atoms with van der Waals surface area (Å²) in [5.41, 5.74) is -0.911. The first-order valence-electron chi connectivity index (χ1n) is 4.62. The number of Topliss-reactive ketones (excluding diaryl/α,β-unsaturated/α-hetero) is 1. The van der Waals surface area contributed by atoms with E-state index in [1.807, 2.05) is 0 Å². The van der Waals surface area contributed by atoms with Gasteiger partial charge in [0.2, 0.25) is 0 Å². The molecule has 0 aromatic carbocycles. The summed E-state index contributed by atoms with van der Waals surface area (Å²) in [7, 11) is 0. The Kier molecular flexibility index (Phi) is 2.41. The van der Waals surface area contributed by atoms with Crippen molar-refractivity contribution < 1.29 is 14.3 Å². The molecule has 2 rings (SSSR count). The number of alkyl halides is 1. The highest BCUT2D eigenvalue weighted by molar-refractivity contribution is 14.1. The van der Waals surface area contributed by atoms with Crippen molar-refractivity contribution in [3.05, 3.63) is 12.7 Å². The number of esters is 1. The van der Waals surface area contributed by atoms with Crippen LogP contribution in [0.1, 0.15) is 19.3 Å². The number of rotatable bonds is 2. The number of carbonyl (C=O) groups excluding carboxylic acids is 2. The first-order valence-corrected chi connectivity index (χ1v) is 5.87. The van der Waals surface area contributed by atoms with Crippen LogP contribution in [-0.4, -0.2) is 21.8 Å². The molecule has 4 heteroatoms. The van der Waals surface area contributed by atoms with Crippen molar-refractivity contribution in [3.63, 3.8) is 0 Å². The van der Waals surface area contributed by atoms with Crippen LogP contribution in [-0.2, 0) is 14.3 Å². The smallest absolute Gasteiger partial charge is 0.321 e. The van der Waals surface area contributed by atoms with Gasteiger partial charge in [-0.15, -0.1) is 6.58 Å². The van der Waals surface area contributed by atoms with E-state index >= 15 is 0 Å². The third-order valence-electron chi connectivity index (χ3n) is 3.04. The number of ketones is 1. The van der Waals surface area contributed by atoms with E-state index < -0.39 is 5.41 Å². The summed E-state index contributed by atoms with van der Waals surface area (Å²) in [5, 5.41) is 0. The van der Waals surface area contributed by atoms with Crippen LogP contribution in [0.15, 0.2) is 12.7 Å². The highest BCUT2D eigenvalue weighted by atomic mass is 127. The van der Waals surface area contributed by atoms with Gasteiger partial charge in [0, 0.05) is 6.42 Å². The fraction of sp³-hybridized carbons (Fsp3) is 0.600. The van der Waals surface area contributed by atoms with Gasteiger partial charge in [0.05, 0.1) is 3.92 Å². The molecule has 0 N–H and O–H groups in total. The third kappa shape index (κ3) is 1.09. The molecule has 0 radical (unpaired) electrons. The van der Waals surface area contributed by atoms with E-state index in [1.165, 1.54) is 0 Å². The van der Waals surface area contributed by atoms with Crippen LogP contribution in [0.25, 0.3) is 0 Å². The number of hydrogen-bond acceptors (Lipinski definition) is 3. The van der Waals surface area contributed by atoms with Gasteiger partial charge in [-0.1, -0.05) is 28.7 Å². The van der Waals surface area contributed by atoms with Crippen LogP contribution < -0.4 is 0 Å². The number of halogens is 1. The van der Waals surface area contributed by atoms with Crippen molar-refractivity contribution in [1.82, 2.24) is 0 Å². The second-order valence-electron chi connectivity index (χ2n) is 3.77. The van der Waals surface area contributed by atoms with E-state index in [0.717, 1.165) is 0 Å². The van der Waals surface area contributed by atoms with Crippen molar-refractivity contribution in [2.75, 3.05) is 0 Å². The topological polar surface area (TPSA) is 43.4 Å². The monoisotopic (exact) mass is 306 g/mol. The van der Waals surface area contributed by atoms with Crippen LogP contribution in [0.3, 0.4) is 0 Å². The van der Waals surface area contributed by atoms with Crippen molar-refractivity contribution >= 4 is 34.3 Å². The number of fused-ring (bicyclic) bond motifs is 2. The quantitative estimate of drug-likeness (QED) is 0.256. The predicted molar refractivity (Wildman–Crippen MR) is 59.2 cm³/mol. The Balaban J connectivity index is 2.44. The van der Waals surface area contributed by atoms with Gasteiger partial charge in [-0.25, -0.2) is 0 Å². The van der Waals surface area contributed by atoms with Crippen LogP contribution in [0, 0.1) is 5.41 Å². The average Bonchev–Trinajstić information content (AvgIpc) is 2.30. The lowest BCUT2D eigenvalue weighted by Gasteiger charge is -2.30. The number of allylic oxidation sites excluding steroid dienone is 1. The zero-order valence-electron chi connectivity index (χ0n) is 7.66. The molecule has 2 fully saturated rings. The largest absolute Gasteiger partial charge is 0.460 e. The van der Waals surface area contributed by atoms with Gasteiger partial charge >= 0.3 is 5.97 Å². The van der Waals surface area contributed by atoms with Gasteiger partial charge in [0.25, 0.3) is 0 Å². The van der Waals surface area contributed by atoms with Crippen LogP contribution in [0.5, 0.6) is 0 Å². The van der Waals surface area contributed by atoms with Crippen LogP contribution in [0.4, 0.5) is 0 Å². The summed E-state index contributed by atoms with van der Waals surface area (Å²) in [6.45, 7) is 3.61. The predicted octanol–water partition coefficient (Wildman–Crippen LogP) is 1.64. The van der Waals surface area contributed by atoms with Crippen molar-refractivity contribution in [2.24, 2.45) is 5.41 Å². The molecule has 1 unspecified atom stereocenters. The molecule has 1 aliphatic heterocycles. The van der Waals surface area contributed by atoms with Crippen LogP contribution in [0.2, 0.25) is 0 Å². The first-order chi connectivity index (χ1) is 6.63. The van der Waals surface area contributed by atoms with Gasteiger partial charge in [-0.05, 0) is 12.8 Å². The highest BCUT2D eigenvalue weighted by Gasteiger charge is 2.62. The molecule has 0 aromatic rings. The Hall–Kier alpha value is -0.390. The van der Waals surface area contributed by atoms with Gasteiger partial charge in [-0.2, -0.15) is 0 Å². The van der Waals surface area contributed by atoms with Crippen molar-refractivity contribution in [1.29, 1.82) is 0 Å². The highest BCUT2D eigenvalue weighted by Crippen LogP contribution is 2.49. The second-order valence-corrected chi connectivity index (χ2v) is 5.11. The molecular weight excluding hydrogens is 295 g/mol. The van der Waals surface area contributed by atoms with Gasteiger partial charge < -0.3 is 4.74 Å². The maximum absolute atomic E-state index is 11.8. The Labute approximate surface area is 96.0 Å². The van der Waals surface area contributed by atoms with Gasteiger partial charge in [0.1, 0.15) is 11.5 Å². The summed E-state index contributed by atoms with van der Waals surface area (Å²) in [5.74, 6) is -0.320. The minimum atomic E-state index is -0.911. The molecule has 1 aliphatic carbocycles. The summed E-state index contributed by atoms with van der Waals surface area (Å²) >= 11 is 2.16. The molecule has 1 heterocycles. The van der Waals surface area contributed by atoms with Crippen LogP contribution >= 0.6 is 22.6 Å². The summed E-state index contributed by atoms with van der Waals surface area (Å²) in [6, 6.07) is 0. The Morgan fingerprint density at radius 3 is 3.00 bits per heavy atom. The summed E-state index contributed by atoms with van der Waals surface area (Å²) in [6.07, 6.45) is 3.12. The van der Waals surface area contributed by atoms with E-state index in [-0.39, 0.29) is 21.8 Å². The molecule has 3 nitrogen and oxygen atoms in total. The van der Waals surface area contributed by atoms with E-state index in [9.17, 15) is 9.59 Å². The van der Waals surface area contributed by atoms with Gasteiger partial charge in [-0.3, -0.25) is 9.59 Å². The zero-order valence-corrected chi connectivity index (χ0v) is 9.82. The molecule has 0 amide bonds. The van der Waals surface area contributed by atoms with E-state index in [4.69, 9.17) is 4.74 Å². The molecule has 0 spiro atoms. The minimum absolute atomic E-state index is 0.0214. The minimum Gasteiger partial charge on any atom is -0.460 e. The maximum atomic E-state index is 11.8. The Morgan fingerprint density at radius 2 is 2.36 bits per heavy atom. The molecular formula is C10H11IO3. The van der Waals surface area contributed by atoms with E-state index in [1.54, 1.807) is 6.08 Å². The standard InChI is InChI=1S/C10H11IO3/c1-2-5-10-7(12)4-3-6(8(10)11)14-9(10)13/h2,6,8H,1,3-5H2/t6-,8?,10+/m0/s1. The Bertz CT molecular complexity index is 302. The molecule has 14 heavy (non-hydrogen) atoms. The lowest BCUT2D eigenvalue weighted by Crippen LogP contribution is -2.45. The van der Waals surface area contributed by atoms with E-state index in [2.05, 4.69) is 29.2 Å². The van der Waals surface area contributed by atoms with Gasteiger partial charge in [0.15, 0.2) is 5.78 Å². The molecule has 2 bridgehead atoms. The zero-order chi connectivity index (χ0) is 10.3. The third-order valence-corrected chi connectivity index (χ3v) is 4.91. The molecule has 1 saturated carbocycles. The normalized spacial score (nSPS) is 40.9. The van der Waals surface area contributed by atoms with Crippen molar-refractivity contribution in [3.8, 4) is 0 Å². The summed E-state index contributed by atoms with van der Waals surface area (Å²) < 4.78 is 5.19. The fourth-order valence-electron chi connectivity index (χ4n) is 2.24. The average molecular weight is 306 g/mol. The number of ether oxygens (including phenoxy) is 1. The fourth-order valence-corrected chi connectivity index (χ4v) is 3.60.